The lowest BCUT2D eigenvalue weighted by atomic mass is 9.46. The zero-order valence-electron chi connectivity index (χ0n) is 23.2. The molecule has 4 rings (SSSR count). The first-order valence-electron chi connectivity index (χ1n) is 14.3. The van der Waals surface area contributed by atoms with E-state index in [1.807, 2.05) is 6.92 Å². The van der Waals surface area contributed by atoms with E-state index in [9.17, 15) is 36.2 Å². The number of fused-ring (bicyclic) bond motifs is 5. The lowest BCUT2D eigenvalue weighted by Crippen LogP contribution is -2.54. The first-order chi connectivity index (χ1) is 18.1. The van der Waals surface area contributed by atoms with E-state index in [1.165, 1.54) is 0 Å². The molecule has 0 aromatic rings. The summed E-state index contributed by atoms with van der Waals surface area (Å²) >= 11 is 0. The molecule has 0 aliphatic heterocycles. The first kappa shape index (κ1) is 31.3. The van der Waals surface area contributed by atoms with Crippen LogP contribution in [0.3, 0.4) is 0 Å². The molecule has 10 atom stereocenters. The summed E-state index contributed by atoms with van der Waals surface area (Å²) in [6.07, 6.45) is 8.01. The quantitative estimate of drug-likeness (QED) is 0.203. The van der Waals surface area contributed by atoms with Crippen LogP contribution in [0.15, 0.2) is 11.6 Å². The summed E-state index contributed by atoms with van der Waals surface area (Å²) in [5.74, 6) is 1.41. The average Bonchev–Trinajstić information content (AvgIpc) is 3.17. The van der Waals surface area contributed by atoms with E-state index in [2.05, 4.69) is 19.9 Å². The third-order valence-corrected chi connectivity index (χ3v) is 11.9. The van der Waals surface area contributed by atoms with E-state index in [4.69, 9.17) is 8.37 Å². The maximum absolute atomic E-state index is 11.5. The molecule has 4 N–H and O–H groups in total. The van der Waals surface area contributed by atoms with E-state index in [0.717, 1.165) is 56.9 Å². The van der Waals surface area contributed by atoms with Gasteiger partial charge in [-0.1, -0.05) is 38.8 Å². The van der Waals surface area contributed by atoms with Crippen molar-refractivity contribution in [2.75, 3.05) is 13.2 Å². The van der Waals surface area contributed by atoms with Crippen molar-refractivity contribution in [3.63, 3.8) is 0 Å². The molecule has 4 aliphatic rings. The molecular weight excluding hydrogens is 548 g/mol. The van der Waals surface area contributed by atoms with Crippen molar-refractivity contribution in [1.29, 1.82) is 0 Å². The zero-order valence-corrected chi connectivity index (χ0v) is 24.9. The van der Waals surface area contributed by atoms with Gasteiger partial charge in [0.15, 0.2) is 0 Å². The van der Waals surface area contributed by atoms with Crippen LogP contribution < -0.4 is 0 Å². The van der Waals surface area contributed by atoms with Crippen LogP contribution >= 0.6 is 0 Å². The van der Waals surface area contributed by atoms with Crippen LogP contribution in [0.5, 0.6) is 0 Å². The molecule has 226 valence electrons. The topological polar surface area (TPSA) is 168 Å². The normalized spacial score (nSPS) is 40.2. The van der Waals surface area contributed by atoms with Crippen molar-refractivity contribution in [1.82, 2.24) is 0 Å². The Hall–Kier alpha value is -0.600. The Bertz CT molecular complexity index is 1120. The Balaban J connectivity index is 1.54. The summed E-state index contributed by atoms with van der Waals surface area (Å²) in [4.78, 5) is 0. The highest BCUT2D eigenvalue weighted by Gasteiger charge is 2.60. The zero-order chi connectivity index (χ0) is 28.8. The predicted octanol–water partition coefficient (Wildman–Crippen LogP) is 3.96. The van der Waals surface area contributed by atoms with Crippen LogP contribution in [0.2, 0.25) is 0 Å². The largest absolute Gasteiger partial charge is 0.397 e. The standard InChI is InChI=1S/C27H46O10S2/c1-17(15-28)5-4-6-18(16-36-38(30,31)32)21-9-10-22-20-8-7-19-13-24(29)25(37-39(33,34)35)14-27(19,3)23(20)11-12-26(21,22)2/h7,17-18,20-25,28-29H,4-6,8-16H2,1-3H3,(H,30,31,32)(H,33,34,35)/t17-,18-,20-,21+,22-,23-,24-,25-,26+,27-/m0/s1. The summed E-state index contributed by atoms with van der Waals surface area (Å²) in [5, 5.41) is 20.0. The Morgan fingerprint density at radius 1 is 1.05 bits per heavy atom. The fourth-order valence-electron chi connectivity index (χ4n) is 9.13. The van der Waals surface area contributed by atoms with Gasteiger partial charge < -0.3 is 10.2 Å². The number of hydrogen-bond donors (Lipinski definition) is 4. The molecule has 0 amide bonds. The minimum absolute atomic E-state index is 0.0305. The molecule has 0 aromatic heterocycles. The molecule has 0 bridgehead atoms. The van der Waals surface area contributed by atoms with Gasteiger partial charge in [-0.2, -0.15) is 16.8 Å². The van der Waals surface area contributed by atoms with Crippen LogP contribution in [0.4, 0.5) is 0 Å². The van der Waals surface area contributed by atoms with Crippen LogP contribution in [0.25, 0.3) is 0 Å². The number of rotatable bonds is 11. The van der Waals surface area contributed by atoms with Gasteiger partial charge in [0.1, 0.15) is 6.10 Å². The molecule has 3 fully saturated rings. The highest BCUT2D eigenvalue weighted by atomic mass is 32.3. The van der Waals surface area contributed by atoms with Crippen LogP contribution in [0.1, 0.15) is 85.0 Å². The van der Waals surface area contributed by atoms with Crippen molar-refractivity contribution in [2.24, 2.45) is 46.3 Å². The van der Waals surface area contributed by atoms with Crippen molar-refractivity contribution in [2.45, 2.75) is 97.2 Å². The predicted molar refractivity (Wildman–Crippen MR) is 144 cm³/mol. The molecule has 0 heterocycles. The summed E-state index contributed by atoms with van der Waals surface area (Å²) in [5.41, 5.74) is 0.768. The molecule has 12 heteroatoms. The minimum atomic E-state index is -4.69. The molecule has 0 spiro atoms. The lowest BCUT2D eigenvalue weighted by Gasteiger charge is -2.59. The third kappa shape index (κ3) is 6.74. The van der Waals surface area contributed by atoms with Gasteiger partial charge in [0.05, 0.1) is 12.7 Å². The Kier molecular flexibility index (Phi) is 9.31. The highest BCUT2D eigenvalue weighted by Crippen LogP contribution is 2.67. The number of hydrogen-bond acceptors (Lipinski definition) is 8. The molecule has 39 heavy (non-hydrogen) atoms. The Labute approximate surface area is 233 Å². The van der Waals surface area contributed by atoms with Gasteiger partial charge in [-0.05, 0) is 104 Å². The Morgan fingerprint density at radius 3 is 2.41 bits per heavy atom. The lowest BCUT2D eigenvalue weighted by molar-refractivity contribution is -0.0854. The molecule has 4 aliphatic carbocycles. The fraction of sp³-hybridized carbons (Fsp3) is 0.926. The second-order valence-electron chi connectivity index (χ2n) is 13.2. The molecular formula is C27H46O10S2. The van der Waals surface area contributed by atoms with E-state index < -0.39 is 33.0 Å². The minimum Gasteiger partial charge on any atom is -0.396 e. The highest BCUT2D eigenvalue weighted by molar-refractivity contribution is 7.81. The van der Waals surface area contributed by atoms with Crippen molar-refractivity contribution in [3.05, 3.63) is 11.6 Å². The molecule has 0 saturated heterocycles. The van der Waals surface area contributed by atoms with Crippen molar-refractivity contribution >= 4 is 20.8 Å². The number of aliphatic hydroxyl groups excluding tert-OH is 2. The van der Waals surface area contributed by atoms with E-state index in [0.29, 0.717) is 24.7 Å². The SMILES string of the molecule is C[C@H](CO)CCC[C@@H](COS(=O)(=O)O)[C@H]1CC[C@H]2[C@@H]3CC=C4C[C@H](O)[C@@H](OS(=O)(=O)O)C[C@]4(C)[C@H]3CC[C@]12C. The molecule has 0 unspecified atom stereocenters. The van der Waals surface area contributed by atoms with Crippen molar-refractivity contribution in [3.8, 4) is 0 Å². The fourth-order valence-corrected chi connectivity index (χ4v) is 9.99. The summed E-state index contributed by atoms with van der Waals surface area (Å²) in [6.45, 7) is 6.50. The first-order valence-corrected chi connectivity index (χ1v) is 17.1. The molecule has 0 radical (unpaired) electrons. The van der Waals surface area contributed by atoms with E-state index in [1.54, 1.807) is 0 Å². The second-order valence-corrected chi connectivity index (χ2v) is 15.4. The van der Waals surface area contributed by atoms with Gasteiger partial charge in [-0.15, -0.1) is 0 Å². The average molecular weight is 595 g/mol. The summed E-state index contributed by atoms with van der Waals surface area (Å²) in [7, 11) is -9.24. The smallest absolute Gasteiger partial charge is 0.396 e. The second kappa shape index (κ2) is 11.6. The van der Waals surface area contributed by atoms with Crippen LogP contribution in [0, 0.1) is 46.3 Å². The molecule has 0 aromatic carbocycles. The van der Waals surface area contributed by atoms with Gasteiger partial charge in [0, 0.05) is 6.61 Å². The maximum Gasteiger partial charge on any atom is 0.397 e. The molecule has 3 saturated carbocycles. The maximum atomic E-state index is 11.5. The number of aliphatic hydroxyl groups is 2. The van der Waals surface area contributed by atoms with Gasteiger partial charge in [0.25, 0.3) is 0 Å². The van der Waals surface area contributed by atoms with Gasteiger partial charge in [-0.3, -0.25) is 9.11 Å². The van der Waals surface area contributed by atoms with E-state index >= 15 is 0 Å². The van der Waals surface area contributed by atoms with Gasteiger partial charge in [0.2, 0.25) is 0 Å². The monoisotopic (exact) mass is 594 g/mol. The van der Waals surface area contributed by atoms with E-state index in [-0.39, 0.29) is 47.7 Å². The van der Waals surface area contributed by atoms with Gasteiger partial charge in [-0.25, -0.2) is 8.37 Å². The summed E-state index contributed by atoms with van der Waals surface area (Å²) < 4.78 is 74.2. The number of allylic oxidation sites excluding steroid dienone is 1. The van der Waals surface area contributed by atoms with Crippen molar-refractivity contribution < 1.29 is 44.5 Å². The third-order valence-electron chi connectivity index (χ3n) is 11.0. The molecule has 10 nitrogen and oxygen atoms in total. The van der Waals surface area contributed by atoms with Crippen LogP contribution in [-0.2, 0) is 29.2 Å². The van der Waals surface area contributed by atoms with Crippen LogP contribution in [-0.4, -0.2) is 61.6 Å². The Morgan fingerprint density at radius 2 is 1.77 bits per heavy atom. The summed E-state index contributed by atoms with van der Waals surface area (Å²) in [6, 6.07) is 0. The van der Waals surface area contributed by atoms with Gasteiger partial charge >= 0.3 is 20.8 Å².